The van der Waals surface area contributed by atoms with Gasteiger partial charge in [0.15, 0.2) is 0 Å². The molecule has 1 atom stereocenters. The molecule has 34 heavy (non-hydrogen) atoms. The van der Waals surface area contributed by atoms with E-state index in [1.165, 1.54) is 0 Å². The molecule has 4 nitrogen and oxygen atoms in total. The van der Waals surface area contributed by atoms with Gasteiger partial charge in [0.1, 0.15) is 6.61 Å². The summed E-state index contributed by atoms with van der Waals surface area (Å²) in [5, 5.41) is 0.974. The minimum atomic E-state index is -0.378. The van der Waals surface area contributed by atoms with Crippen LogP contribution in [0.5, 0.6) is 0 Å². The number of fused-ring (bicyclic) bond motifs is 3. The normalized spacial score (nSPS) is 15.2. The van der Waals surface area contributed by atoms with Crippen LogP contribution in [0.3, 0.4) is 0 Å². The molecule has 3 aromatic carbocycles. The molecule has 0 amide bonds. The molecule has 0 saturated heterocycles. The molecule has 0 spiro atoms. The van der Waals surface area contributed by atoms with Gasteiger partial charge in [-0.1, -0.05) is 36.4 Å². The van der Waals surface area contributed by atoms with E-state index in [1.54, 1.807) is 11.8 Å². The fraction of sp³-hybridized carbons (Fsp3) is 0.214. The zero-order valence-corrected chi connectivity index (χ0v) is 21.8. The van der Waals surface area contributed by atoms with Crippen LogP contribution in [-0.4, -0.2) is 22.7 Å². The van der Waals surface area contributed by atoms with Gasteiger partial charge in [-0.2, -0.15) is 0 Å². The summed E-state index contributed by atoms with van der Waals surface area (Å²) in [7, 11) is 0. The van der Waals surface area contributed by atoms with Crippen LogP contribution in [-0.2, 0) is 22.6 Å². The van der Waals surface area contributed by atoms with Crippen molar-refractivity contribution < 1.29 is 14.3 Å². The zero-order valence-electron chi connectivity index (χ0n) is 18.8. The van der Waals surface area contributed by atoms with Gasteiger partial charge in [0, 0.05) is 25.1 Å². The number of hydrogen-bond acceptors (Lipinski definition) is 4. The first kappa shape index (κ1) is 23.2. The molecular weight excluding hydrogens is 557 g/mol. The van der Waals surface area contributed by atoms with E-state index in [2.05, 4.69) is 28.7 Å². The minimum absolute atomic E-state index is 0.0556. The maximum absolute atomic E-state index is 13.7. The summed E-state index contributed by atoms with van der Waals surface area (Å²) in [5.41, 5.74) is 4.36. The van der Waals surface area contributed by atoms with Crippen molar-refractivity contribution in [3.05, 3.63) is 98.8 Å². The lowest BCUT2D eigenvalue weighted by atomic mass is 9.85. The van der Waals surface area contributed by atoms with Crippen LogP contribution >= 0.6 is 34.4 Å². The quantitative estimate of drug-likeness (QED) is 0.148. The van der Waals surface area contributed by atoms with E-state index in [4.69, 9.17) is 4.74 Å². The van der Waals surface area contributed by atoms with Gasteiger partial charge < -0.3 is 4.74 Å². The van der Waals surface area contributed by atoms with Gasteiger partial charge in [-0.05, 0) is 95.6 Å². The van der Waals surface area contributed by atoms with E-state index >= 15 is 0 Å². The Labute approximate surface area is 216 Å². The summed E-state index contributed by atoms with van der Waals surface area (Å²) in [6, 6.07) is 23.5. The highest BCUT2D eigenvalue weighted by atomic mass is 127. The molecule has 1 aromatic heterocycles. The van der Waals surface area contributed by atoms with Crippen molar-refractivity contribution in [2.75, 3.05) is 6.26 Å². The Morgan fingerprint density at radius 1 is 1.06 bits per heavy atom. The second kappa shape index (κ2) is 9.96. The zero-order chi connectivity index (χ0) is 23.7. The predicted molar refractivity (Wildman–Crippen MR) is 145 cm³/mol. The molecule has 4 aromatic rings. The molecule has 5 rings (SSSR count). The van der Waals surface area contributed by atoms with Crippen molar-refractivity contribution in [1.82, 2.24) is 4.57 Å². The number of carbonyl (C=O) groups is 2. The van der Waals surface area contributed by atoms with Gasteiger partial charge in [0.25, 0.3) is 5.91 Å². The molecule has 172 valence electrons. The predicted octanol–water partition coefficient (Wildman–Crippen LogP) is 6.82. The van der Waals surface area contributed by atoms with Crippen LogP contribution in [0.2, 0.25) is 0 Å². The Bertz CT molecular complexity index is 1380. The lowest BCUT2D eigenvalue weighted by Gasteiger charge is -2.23. The average Bonchev–Trinajstić information content (AvgIpc) is 3.21. The Morgan fingerprint density at radius 3 is 2.65 bits per heavy atom. The fourth-order valence-corrected chi connectivity index (χ4v) is 5.76. The molecule has 0 saturated carbocycles. The molecule has 1 heterocycles. The number of ether oxygens (including phenoxy) is 1. The number of hydrogen-bond donors (Lipinski definition) is 0. The highest BCUT2D eigenvalue weighted by Crippen LogP contribution is 2.41. The monoisotopic (exact) mass is 581 g/mol. The third-order valence-electron chi connectivity index (χ3n) is 6.35. The highest BCUT2D eigenvalue weighted by molar-refractivity contribution is 14.1. The molecule has 6 heteroatoms. The van der Waals surface area contributed by atoms with Crippen molar-refractivity contribution in [3.63, 3.8) is 0 Å². The maximum atomic E-state index is 13.7. The van der Waals surface area contributed by atoms with Crippen molar-refractivity contribution in [3.8, 4) is 0 Å². The minimum Gasteiger partial charge on any atom is -0.460 e. The highest BCUT2D eigenvalue weighted by Gasteiger charge is 2.34. The number of carbonyl (C=O) groups excluding carboxylic acids is 2. The van der Waals surface area contributed by atoms with Crippen molar-refractivity contribution in [2.45, 2.75) is 36.7 Å². The topological polar surface area (TPSA) is 48.3 Å². The smallest absolute Gasteiger partial charge is 0.313 e. The molecule has 1 aliphatic carbocycles. The number of benzene rings is 3. The molecule has 1 unspecified atom stereocenters. The van der Waals surface area contributed by atoms with E-state index in [9.17, 15) is 9.59 Å². The van der Waals surface area contributed by atoms with Gasteiger partial charge in [0.2, 0.25) is 0 Å². The van der Waals surface area contributed by atoms with E-state index < -0.39 is 0 Å². The van der Waals surface area contributed by atoms with E-state index in [-0.39, 0.29) is 24.4 Å². The Morgan fingerprint density at radius 2 is 1.88 bits per heavy atom. The Balaban J connectivity index is 1.59. The number of nitrogens with zero attached hydrogens (tertiary/aromatic N) is 1. The van der Waals surface area contributed by atoms with Gasteiger partial charge in [-0.25, -0.2) is 0 Å². The first-order valence-electron chi connectivity index (χ1n) is 11.3. The van der Waals surface area contributed by atoms with E-state index in [0.717, 1.165) is 55.5 Å². The molecule has 0 bridgehead atoms. The summed E-state index contributed by atoms with van der Waals surface area (Å²) in [6.45, 7) is 0.252. The van der Waals surface area contributed by atoms with Crippen LogP contribution in [0.4, 0.5) is 0 Å². The van der Waals surface area contributed by atoms with E-state index in [1.807, 2.05) is 77.6 Å². The van der Waals surface area contributed by atoms with Crippen molar-refractivity contribution in [1.29, 1.82) is 0 Å². The third-order valence-corrected chi connectivity index (χ3v) is 7.75. The number of rotatable bonds is 5. The molecule has 1 aliphatic rings. The first-order valence-corrected chi connectivity index (χ1v) is 13.6. The van der Waals surface area contributed by atoms with E-state index in [0.29, 0.717) is 5.56 Å². The fourth-order valence-electron chi connectivity index (χ4n) is 4.77. The Kier molecular flexibility index (Phi) is 6.79. The van der Waals surface area contributed by atoms with Crippen LogP contribution in [0.1, 0.15) is 45.9 Å². The Hall–Kier alpha value is -2.58. The number of thioether (sulfide) groups is 1. The lowest BCUT2D eigenvalue weighted by Crippen LogP contribution is -2.23. The largest absolute Gasteiger partial charge is 0.460 e. The second-order valence-corrected chi connectivity index (χ2v) is 10.6. The van der Waals surface area contributed by atoms with Gasteiger partial charge in [-0.15, -0.1) is 11.8 Å². The molecule has 0 N–H and O–H groups in total. The van der Waals surface area contributed by atoms with Gasteiger partial charge in [0.05, 0.1) is 11.4 Å². The standard InChI is InChI=1S/C28H24INO3S/c1-34-21-13-14-24-23(16-21)26-22(28(32)33-17-18-7-3-2-4-8-18)11-6-12-25(26)30(24)27(31)19-9-5-10-20(29)15-19/h2-5,7-10,13-16,22H,6,11-12,17H2,1H3. The number of halogens is 1. The number of esters is 1. The molecule has 0 fully saturated rings. The number of aromatic nitrogens is 1. The van der Waals surface area contributed by atoms with Gasteiger partial charge in [-0.3, -0.25) is 14.2 Å². The molecule has 0 radical (unpaired) electrons. The average molecular weight is 581 g/mol. The maximum Gasteiger partial charge on any atom is 0.313 e. The van der Waals surface area contributed by atoms with Crippen LogP contribution in [0.25, 0.3) is 10.9 Å². The molecular formula is C28H24INO3S. The summed E-state index contributed by atoms with van der Waals surface area (Å²) in [5.74, 6) is -0.655. The second-order valence-electron chi connectivity index (χ2n) is 8.43. The summed E-state index contributed by atoms with van der Waals surface area (Å²) in [6.07, 6.45) is 4.36. The summed E-state index contributed by atoms with van der Waals surface area (Å²) < 4.78 is 8.61. The van der Waals surface area contributed by atoms with Crippen LogP contribution in [0.15, 0.2) is 77.7 Å². The van der Waals surface area contributed by atoms with Crippen LogP contribution < -0.4 is 0 Å². The first-order chi connectivity index (χ1) is 16.6. The third kappa shape index (κ3) is 4.41. The lowest BCUT2D eigenvalue weighted by molar-refractivity contribution is -0.147. The summed E-state index contributed by atoms with van der Waals surface area (Å²) >= 11 is 3.88. The molecule has 0 aliphatic heterocycles. The SMILES string of the molecule is CSc1ccc2c(c1)c1c(n2C(=O)c2cccc(I)c2)CCCC1C(=O)OCc1ccccc1. The van der Waals surface area contributed by atoms with Crippen molar-refractivity contribution >= 4 is 57.1 Å². The van der Waals surface area contributed by atoms with Crippen LogP contribution in [0, 0.1) is 3.57 Å². The van der Waals surface area contributed by atoms with Gasteiger partial charge >= 0.3 is 5.97 Å². The summed E-state index contributed by atoms with van der Waals surface area (Å²) in [4.78, 5) is 28.1. The van der Waals surface area contributed by atoms with Crippen molar-refractivity contribution in [2.24, 2.45) is 0 Å².